The molecule has 0 spiro atoms. The summed E-state index contributed by atoms with van der Waals surface area (Å²) >= 11 is 0. The summed E-state index contributed by atoms with van der Waals surface area (Å²) in [5.41, 5.74) is 2.08. The van der Waals surface area contributed by atoms with Crippen molar-refractivity contribution >= 4 is 5.69 Å². The number of rotatable bonds is 3. The Balaban J connectivity index is 2.00. The largest absolute Gasteiger partial charge is 0.508 e. The minimum absolute atomic E-state index is 0.294. The highest BCUT2D eigenvalue weighted by Crippen LogP contribution is 2.35. The van der Waals surface area contributed by atoms with E-state index in [1.807, 2.05) is 12.1 Å². The van der Waals surface area contributed by atoms with Crippen molar-refractivity contribution in [3.63, 3.8) is 0 Å². The lowest BCUT2D eigenvalue weighted by atomic mass is 10.2. The first kappa shape index (κ1) is 8.17. The zero-order chi connectivity index (χ0) is 9.26. The number of phenols is 1. The number of hydrogen-bond donors (Lipinski definition) is 2. The van der Waals surface area contributed by atoms with Gasteiger partial charge in [0.15, 0.2) is 0 Å². The van der Waals surface area contributed by atoms with Gasteiger partial charge in [0.05, 0.1) is 0 Å². The summed E-state index contributed by atoms with van der Waals surface area (Å²) in [5.74, 6) is 0.955. The average molecular weight is 175 g/mol. The van der Waals surface area contributed by atoms with E-state index in [0.717, 1.165) is 11.4 Å². The van der Waals surface area contributed by atoms with Crippen LogP contribution in [0.5, 0.6) is 5.75 Å². The molecule has 1 aromatic carbocycles. The molecule has 0 saturated heterocycles. The maximum absolute atomic E-state index is 9.06. The Morgan fingerprint density at radius 2 is 1.92 bits per heavy atom. The molecule has 68 valence electrons. The van der Waals surface area contributed by atoms with Gasteiger partial charge in [-0.25, -0.2) is 0 Å². The summed E-state index contributed by atoms with van der Waals surface area (Å²) in [5, 5.41) is 12.3. The molecule has 0 aromatic heterocycles. The third kappa shape index (κ3) is 2.02. The Labute approximate surface area is 77.9 Å². The van der Waals surface area contributed by atoms with E-state index in [0.29, 0.717) is 11.7 Å². The van der Waals surface area contributed by atoms with Crippen LogP contribution >= 0.6 is 0 Å². The van der Waals surface area contributed by atoms with Crippen LogP contribution in [-0.4, -0.2) is 5.11 Å². The van der Waals surface area contributed by atoms with Gasteiger partial charge in [-0.2, -0.15) is 0 Å². The summed E-state index contributed by atoms with van der Waals surface area (Å²) in [4.78, 5) is 0. The first-order valence-electron chi connectivity index (χ1n) is 4.50. The van der Waals surface area contributed by atoms with Crippen molar-refractivity contribution < 1.29 is 5.11 Å². The van der Waals surface area contributed by atoms with Crippen LogP contribution in [0, 0.1) is 5.92 Å². The van der Waals surface area contributed by atoms with E-state index in [9.17, 15) is 0 Å². The molecule has 2 heteroatoms. The van der Waals surface area contributed by atoms with Gasteiger partial charge in [-0.05, 0) is 43.0 Å². The molecule has 1 aliphatic rings. The zero-order valence-electron chi connectivity index (χ0n) is 7.46. The Kier molecular flexibility index (Phi) is 1.97. The number of nitrogens with one attached hydrogen (secondary N) is 1. The van der Waals surface area contributed by atoms with Crippen LogP contribution in [0.1, 0.15) is 12.8 Å². The molecule has 2 N–H and O–H groups in total. The topological polar surface area (TPSA) is 32.3 Å². The Bertz CT molecular complexity index is 311. The van der Waals surface area contributed by atoms with E-state index in [4.69, 9.17) is 5.11 Å². The highest BCUT2D eigenvalue weighted by atomic mass is 16.3. The predicted molar refractivity (Wildman–Crippen MR) is 53.6 cm³/mol. The average Bonchev–Trinajstić information content (AvgIpc) is 2.91. The van der Waals surface area contributed by atoms with E-state index in [-0.39, 0.29) is 0 Å². The van der Waals surface area contributed by atoms with Gasteiger partial charge in [0, 0.05) is 11.4 Å². The van der Waals surface area contributed by atoms with Crippen LogP contribution in [0.3, 0.4) is 0 Å². The molecular weight excluding hydrogens is 162 g/mol. The SMILES string of the molecule is C=C(Nc1ccc(O)cc1)C1CC1. The Morgan fingerprint density at radius 1 is 1.31 bits per heavy atom. The molecule has 0 radical (unpaired) electrons. The normalized spacial score (nSPS) is 15.4. The second-order valence-electron chi connectivity index (χ2n) is 3.47. The molecule has 13 heavy (non-hydrogen) atoms. The van der Waals surface area contributed by atoms with E-state index in [1.165, 1.54) is 12.8 Å². The minimum Gasteiger partial charge on any atom is -0.508 e. The Morgan fingerprint density at radius 3 is 2.46 bits per heavy atom. The fraction of sp³-hybridized carbons (Fsp3) is 0.273. The summed E-state index contributed by atoms with van der Waals surface area (Å²) in [7, 11) is 0. The molecule has 1 aliphatic carbocycles. The number of hydrogen-bond acceptors (Lipinski definition) is 2. The van der Waals surface area contributed by atoms with Gasteiger partial charge in [-0.1, -0.05) is 6.58 Å². The third-order valence-electron chi connectivity index (χ3n) is 2.24. The van der Waals surface area contributed by atoms with E-state index < -0.39 is 0 Å². The van der Waals surface area contributed by atoms with Crippen molar-refractivity contribution in [2.45, 2.75) is 12.8 Å². The number of allylic oxidation sites excluding steroid dienone is 1. The van der Waals surface area contributed by atoms with Crippen LogP contribution in [-0.2, 0) is 0 Å². The minimum atomic E-state index is 0.294. The van der Waals surface area contributed by atoms with E-state index in [2.05, 4.69) is 11.9 Å². The van der Waals surface area contributed by atoms with Crippen LogP contribution in [0.4, 0.5) is 5.69 Å². The first-order valence-corrected chi connectivity index (χ1v) is 4.50. The maximum atomic E-state index is 9.06. The van der Waals surface area contributed by atoms with Crippen LogP contribution in [0.25, 0.3) is 0 Å². The molecule has 0 amide bonds. The molecule has 0 atom stereocenters. The van der Waals surface area contributed by atoms with Crippen LogP contribution in [0.2, 0.25) is 0 Å². The molecule has 1 saturated carbocycles. The first-order chi connectivity index (χ1) is 6.25. The molecule has 2 rings (SSSR count). The fourth-order valence-electron chi connectivity index (χ4n) is 1.26. The second kappa shape index (κ2) is 3.13. The lowest BCUT2D eigenvalue weighted by Gasteiger charge is -2.07. The predicted octanol–water partition coefficient (Wildman–Crippen LogP) is 2.73. The van der Waals surface area contributed by atoms with Crippen molar-refractivity contribution in [3.8, 4) is 5.75 Å². The smallest absolute Gasteiger partial charge is 0.115 e. The highest BCUT2D eigenvalue weighted by Gasteiger charge is 2.24. The summed E-state index contributed by atoms with van der Waals surface area (Å²) < 4.78 is 0. The summed E-state index contributed by atoms with van der Waals surface area (Å²) in [6.07, 6.45) is 2.51. The summed E-state index contributed by atoms with van der Waals surface area (Å²) in [6.45, 7) is 3.96. The van der Waals surface area contributed by atoms with E-state index in [1.54, 1.807) is 12.1 Å². The molecule has 0 aliphatic heterocycles. The molecule has 1 fully saturated rings. The Hall–Kier alpha value is -1.44. The number of aromatic hydroxyl groups is 1. The molecular formula is C11H13NO. The number of anilines is 1. The highest BCUT2D eigenvalue weighted by molar-refractivity contribution is 5.50. The van der Waals surface area contributed by atoms with Crippen molar-refractivity contribution in [1.29, 1.82) is 0 Å². The second-order valence-corrected chi connectivity index (χ2v) is 3.47. The molecule has 0 unspecified atom stereocenters. The molecule has 1 aromatic rings. The van der Waals surface area contributed by atoms with Gasteiger partial charge in [0.2, 0.25) is 0 Å². The van der Waals surface area contributed by atoms with Gasteiger partial charge in [0.25, 0.3) is 0 Å². The number of phenolic OH excluding ortho intramolecular Hbond substituents is 1. The van der Waals surface area contributed by atoms with Crippen molar-refractivity contribution in [1.82, 2.24) is 0 Å². The maximum Gasteiger partial charge on any atom is 0.115 e. The van der Waals surface area contributed by atoms with Gasteiger partial charge in [-0.3, -0.25) is 0 Å². The van der Waals surface area contributed by atoms with Crippen molar-refractivity contribution in [3.05, 3.63) is 36.5 Å². The standard InChI is InChI=1S/C11H13NO/c1-8(9-2-3-9)12-10-4-6-11(13)7-5-10/h4-7,9,12-13H,1-3H2. The summed E-state index contributed by atoms with van der Waals surface area (Å²) in [6, 6.07) is 7.04. The molecule has 0 heterocycles. The van der Waals surface area contributed by atoms with Gasteiger partial charge < -0.3 is 10.4 Å². The van der Waals surface area contributed by atoms with Gasteiger partial charge >= 0.3 is 0 Å². The quantitative estimate of drug-likeness (QED) is 0.692. The third-order valence-corrected chi connectivity index (χ3v) is 2.24. The number of benzene rings is 1. The van der Waals surface area contributed by atoms with Gasteiger partial charge in [0.1, 0.15) is 5.75 Å². The van der Waals surface area contributed by atoms with E-state index >= 15 is 0 Å². The lowest BCUT2D eigenvalue weighted by Crippen LogP contribution is -1.98. The van der Waals surface area contributed by atoms with Crippen LogP contribution in [0.15, 0.2) is 36.5 Å². The molecule has 2 nitrogen and oxygen atoms in total. The van der Waals surface area contributed by atoms with Crippen molar-refractivity contribution in [2.75, 3.05) is 5.32 Å². The van der Waals surface area contributed by atoms with Crippen LogP contribution < -0.4 is 5.32 Å². The fourth-order valence-corrected chi connectivity index (χ4v) is 1.26. The lowest BCUT2D eigenvalue weighted by molar-refractivity contribution is 0.475. The van der Waals surface area contributed by atoms with Gasteiger partial charge in [-0.15, -0.1) is 0 Å². The van der Waals surface area contributed by atoms with Crippen molar-refractivity contribution in [2.24, 2.45) is 5.92 Å². The molecule has 0 bridgehead atoms. The monoisotopic (exact) mass is 175 g/mol. The zero-order valence-corrected chi connectivity index (χ0v) is 7.46.